The number of amides is 3. The monoisotopic (exact) mass is 732 g/mol. The van der Waals surface area contributed by atoms with Crippen molar-refractivity contribution in [1.29, 1.82) is 0 Å². The molecular formula is C38H60N4O10. The number of rotatable bonds is 24. The molecule has 7 N–H and O–H groups in total. The van der Waals surface area contributed by atoms with Crippen molar-refractivity contribution in [3.8, 4) is 11.5 Å². The van der Waals surface area contributed by atoms with Crippen LogP contribution in [0.2, 0.25) is 0 Å². The average Bonchev–Trinajstić information content (AvgIpc) is 3.09. The highest BCUT2D eigenvalue weighted by Gasteiger charge is 2.34. The van der Waals surface area contributed by atoms with E-state index in [1.807, 2.05) is 32.0 Å². The van der Waals surface area contributed by atoms with E-state index in [1.165, 1.54) is 0 Å². The van der Waals surface area contributed by atoms with Crippen LogP contribution in [0.5, 0.6) is 11.5 Å². The van der Waals surface area contributed by atoms with E-state index in [4.69, 9.17) is 35.2 Å². The Balaban J connectivity index is 2.40. The fourth-order valence-corrected chi connectivity index (χ4v) is 5.70. The van der Waals surface area contributed by atoms with Gasteiger partial charge in [-0.05, 0) is 86.3 Å². The summed E-state index contributed by atoms with van der Waals surface area (Å²) in [6.07, 6.45) is 0.639. The standard InChI is InChI=1S/C38H60N4O10/c1-24(2)29(17-26-13-14-33(50-8)34(19-26)51-16-10-15-49-7)20-31(41-35(44)28-12-9-11-27(18-28)22-52-42(47)48)32(43)21-30(25(3)4)36(45)40-23-38(5,6)37(39)46/h9,11-14,18-19,24-25,29-32,43,47-48H,10,15-17,20-23H2,1-8H3,(H2,39,46)(H,40,45)(H,41,44). The van der Waals surface area contributed by atoms with Gasteiger partial charge in [-0.2, -0.15) is 0 Å². The van der Waals surface area contributed by atoms with Crippen LogP contribution < -0.4 is 25.8 Å². The lowest BCUT2D eigenvalue weighted by Crippen LogP contribution is -2.49. The number of benzene rings is 2. The Hall–Kier alpha value is -3.79. The van der Waals surface area contributed by atoms with Crippen molar-refractivity contribution in [2.75, 3.05) is 34.0 Å². The number of primary amides is 1. The maximum Gasteiger partial charge on any atom is 0.251 e. The molecule has 0 aromatic heterocycles. The predicted molar refractivity (Wildman–Crippen MR) is 194 cm³/mol. The maximum absolute atomic E-state index is 13.7. The Morgan fingerprint density at radius 2 is 1.63 bits per heavy atom. The number of nitrogens with zero attached hydrogens (tertiary/aromatic N) is 1. The van der Waals surface area contributed by atoms with Crippen molar-refractivity contribution in [2.24, 2.45) is 34.8 Å². The van der Waals surface area contributed by atoms with Gasteiger partial charge in [0.2, 0.25) is 11.8 Å². The lowest BCUT2D eigenvalue weighted by Gasteiger charge is -2.33. The Morgan fingerprint density at radius 3 is 2.23 bits per heavy atom. The first-order valence-corrected chi connectivity index (χ1v) is 17.7. The molecule has 0 heterocycles. The molecular weight excluding hydrogens is 672 g/mol. The largest absolute Gasteiger partial charge is 0.493 e. The number of methoxy groups -OCH3 is 2. The summed E-state index contributed by atoms with van der Waals surface area (Å²) in [5.74, 6) is -0.768. The normalized spacial score (nSPS) is 14.2. The smallest absolute Gasteiger partial charge is 0.251 e. The van der Waals surface area contributed by atoms with E-state index in [1.54, 1.807) is 52.3 Å². The lowest BCUT2D eigenvalue weighted by atomic mass is 9.80. The van der Waals surface area contributed by atoms with Gasteiger partial charge in [0, 0.05) is 38.2 Å². The SMILES string of the molecule is COCCCOc1cc(CC(CC(NC(=O)c2cccc(CON(O)O)c2)C(O)CC(C(=O)NCC(C)(C)C(N)=O)C(C)C)C(C)C)ccc1OC. The third kappa shape index (κ3) is 14.7. The Kier molecular flexibility index (Phi) is 18.5. The molecule has 2 aromatic rings. The number of hydrogen-bond acceptors (Lipinski definition) is 11. The van der Waals surface area contributed by atoms with Crippen LogP contribution in [0.1, 0.15) is 82.3 Å². The minimum Gasteiger partial charge on any atom is -0.493 e. The Morgan fingerprint density at radius 1 is 0.923 bits per heavy atom. The second-order valence-corrected chi connectivity index (χ2v) is 14.5. The molecule has 3 amide bonds. The van der Waals surface area contributed by atoms with E-state index < -0.39 is 40.7 Å². The van der Waals surface area contributed by atoms with Crippen molar-refractivity contribution in [3.63, 3.8) is 0 Å². The van der Waals surface area contributed by atoms with Gasteiger partial charge in [0.1, 0.15) is 0 Å². The maximum atomic E-state index is 13.7. The number of aliphatic hydroxyl groups is 1. The molecule has 2 rings (SSSR count). The molecule has 52 heavy (non-hydrogen) atoms. The molecule has 292 valence electrons. The number of nitrogens with two attached hydrogens (primary N) is 1. The van der Waals surface area contributed by atoms with Crippen LogP contribution in [-0.4, -0.2) is 84.8 Å². The molecule has 0 aliphatic rings. The number of ether oxygens (including phenoxy) is 3. The summed E-state index contributed by atoms with van der Waals surface area (Å²) in [6.45, 7) is 12.1. The van der Waals surface area contributed by atoms with E-state index >= 15 is 0 Å². The van der Waals surface area contributed by atoms with Gasteiger partial charge in [-0.15, -0.1) is 0 Å². The third-order valence-corrected chi connectivity index (χ3v) is 9.30. The number of carbonyl (C=O) groups excluding carboxylic acids is 3. The zero-order valence-corrected chi connectivity index (χ0v) is 31.9. The summed E-state index contributed by atoms with van der Waals surface area (Å²) in [5.41, 5.74) is 6.33. The molecule has 2 aromatic carbocycles. The van der Waals surface area contributed by atoms with E-state index in [0.29, 0.717) is 49.5 Å². The van der Waals surface area contributed by atoms with Crippen molar-refractivity contribution >= 4 is 17.7 Å². The summed E-state index contributed by atoms with van der Waals surface area (Å²) in [7, 11) is 3.23. The van der Waals surface area contributed by atoms with E-state index in [9.17, 15) is 19.5 Å². The number of nitrogens with one attached hydrogen (secondary N) is 2. The van der Waals surface area contributed by atoms with Crippen molar-refractivity contribution in [1.82, 2.24) is 16.0 Å². The predicted octanol–water partition coefficient (Wildman–Crippen LogP) is 4.28. The molecule has 0 saturated heterocycles. The second kappa shape index (κ2) is 21.7. The first-order chi connectivity index (χ1) is 24.5. The quantitative estimate of drug-likeness (QED) is 0.0665. The molecule has 0 bridgehead atoms. The topological polar surface area (TPSA) is 202 Å². The van der Waals surface area contributed by atoms with Crippen LogP contribution >= 0.6 is 0 Å². The molecule has 0 saturated carbocycles. The highest BCUT2D eigenvalue weighted by molar-refractivity contribution is 5.94. The van der Waals surface area contributed by atoms with Crippen molar-refractivity contribution in [3.05, 3.63) is 59.2 Å². The Labute approximate surface area is 307 Å². The van der Waals surface area contributed by atoms with Crippen LogP contribution in [0.4, 0.5) is 0 Å². The van der Waals surface area contributed by atoms with Gasteiger partial charge in [0.05, 0.1) is 43.3 Å². The zero-order valence-electron chi connectivity index (χ0n) is 31.9. The summed E-state index contributed by atoms with van der Waals surface area (Å²) >= 11 is 0. The van der Waals surface area contributed by atoms with Crippen LogP contribution in [0.25, 0.3) is 0 Å². The first kappa shape index (κ1) is 44.4. The Bertz CT molecular complexity index is 1420. The summed E-state index contributed by atoms with van der Waals surface area (Å²) in [6, 6.07) is 11.5. The van der Waals surface area contributed by atoms with Gasteiger partial charge >= 0.3 is 0 Å². The number of hydrogen-bond donors (Lipinski definition) is 6. The van der Waals surface area contributed by atoms with Gasteiger partial charge in [-0.1, -0.05) is 45.9 Å². The first-order valence-electron chi connectivity index (χ1n) is 17.7. The molecule has 0 aliphatic carbocycles. The van der Waals surface area contributed by atoms with Gasteiger partial charge in [0.25, 0.3) is 5.91 Å². The van der Waals surface area contributed by atoms with E-state index in [-0.39, 0.29) is 48.8 Å². The highest BCUT2D eigenvalue weighted by atomic mass is 17.1. The molecule has 0 spiro atoms. The summed E-state index contributed by atoms with van der Waals surface area (Å²) in [4.78, 5) is 43.7. The summed E-state index contributed by atoms with van der Waals surface area (Å²) in [5, 5.41) is 35.2. The zero-order chi connectivity index (χ0) is 39.0. The second-order valence-electron chi connectivity index (χ2n) is 14.5. The van der Waals surface area contributed by atoms with Crippen molar-refractivity contribution < 1.29 is 49.0 Å². The number of carbonyl (C=O) groups is 3. The van der Waals surface area contributed by atoms with Crippen molar-refractivity contribution in [2.45, 2.75) is 86.0 Å². The average molecular weight is 733 g/mol. The molecule has 14 heteroatoms. The lowest BCUT2D eigenvalue weighted by molar-refractivity contribution is -0.497. The fraction of sp³-hybridized carbons (Fsp3) is 0.605. The fourth-order valence-electron chi connectivity index (χ4n) is 5.70. The van der Waals surface area contributed by atoms with Gasteiger partial charge in [0.15, 0.2) is 11.5 Å². The third-order valence-electron chi connectivity index (χ3n) is 9.30. The van der Waals surface area contributed by atoms with Crippen LogP contribution in [0, 0.1) is 29.1 Å². The molecule has 0 fully saturated rings. The van der Waals surface area contributed by atoms with Gasteiger partial charge < -0.3 is 35.7 Å². The molecule has 14 nitrogen and oxygen atoms in total. The highest BCUT2D eigenvalue weighted by Crippen LogP contribution is 2.32. The van der Waals surface area contributed by atoms with E-state index in [0.717, 1.165) is 5.56 Å². The van der Waals surface area contributed by atoms with E-state index in [2.05, 4.69) is 24.5 Å². The van der Waals surface area contributed by atoms with Gasteiger partial charge in [-0.3, -0.25) is 24.8 Å². The van der Waals surface area contributed by atoms with Crippen LogP contribution in [0.3, 0.4) is 0 Å². The van der Waals surface area contributed by atoms with Crippen LogP contribution in [-0.2, 0) is 32.2 Å². The number of aliphatic hydroxyl groups excluding tert-OH is 1. The minimum absolute atomic E-state index is 0.0165. The molecule has 4 unspecified atom stereocenters. The minimum atomic E-state index is -1.12. The molecule has 4 atom stereocenters. The summed E-state index contributed by atoms with van der Waals surface area (Å²) < 4.78 is 16.7. The molecule has 0 aliphatic heterocycles. The van der Waals surface area contributed by atoms with Crippen LogP contribution in [0.15, 0.2) is 42.5 Å². The molecule has 0 radical (unpaired) electrons. The van der Waals surface area contributed by atoms with Gasteiger partial charge in [-0.25, -0.2) is 4.84 Å².